The molecular formula is C22H37N3O2. The number of carbonyl (C=O) groups excluding carboxylic acids is 2. The van der Waals surface area contributed by atoms with E-state index in [4.69, 9.17) is 0 Å². The number of amides is 1. The van der Waals surface area contributed by atoms with Gasteiger partial charge in [-0.2, -0.15) is 0 Å². The number of nitrogens with two attached hydrogens (primary N) is 1. The summed E-state index contributed by atoms with van der Waals surface area (Å²) in [5, 5.41) is 3.21. The molecule has 1 aliphatic carbocycles. The Morgan fingerprint density at radius 3 is 2.63 bits per heavy atom. The van der Waals surface area contributed by atoms with Crippen LogP contribution in [0.3, 0.4) is 0 Å². The van der Waals surface area contributed by atoms with Gasteiger partial charge in [-0.3, -0.25) is 4.79 Å². The second kappa shape index (κ2) is 15.0. The minimum Gasteiger partial charge on any atom is -0.381 e. The summed E-state index contributed by atoms with van der Waals surface area (Å²) in [6, 6.07) is -0.371. The highest BCUT2D eigenvalue weighted by Gasteiger charge is 2.32. The largest absolute Gasteiger partial charge is 0.381 e. The molecule has 1 fully saturated rings. The van der Waals surface area contributed by atoms with E-state index in [1.54, 1.807) is 6.08 Å². The van der Waals surface area contributed by atoms with Gasteiger partial charge in [0.05, 0.1) is 11.7 Å². The van der Waals surface area contributed by atoms with Crippen molar-refractivity contribution >= 4 is 12.2 Å². The van der Waals surface area contributed by atoms with E-state index < -0.39 is 0 Å². The summed E-state index contributed by atoms with van der Waals surface area (Å²) in [7, 11) is 1.50. The standard InChI is InChI=1S/C19H26N2O2.C2H6.CH5N/c1-3-18(19(23)21-15(2)11-12-17(21)14-22)20-13-7-10-16-8-5-4-6-9-16;2*1-2/h3,5,8-9,14,17,20H,2,4,6-7,10-13H2,1H3;1-2H3;2H2,1H3/b18-3+;;. The second-order valence-electron chi connectivity index (χ2n) is 5.97. The lowest BCUT2D eigenvalue weighted by Gasteiger charge is -2.23. The summed E-state index contributed by atoms with van der Waals surface area (Å²) in [6.45, 7) is 10.5. The van der Waals surface area contributed by atoms with E-state index in [0.717, 1.165) is 44.2 Å². The van der Waals surface area contributed by atoms with Crippen molar-refractivity contribution in [2.24, 2.45) is 5.73 Å². The third-order valence-corrected chi connectivity index (χ3v) is 4.33. The normalized spacial score (nSPS) is 18.6. The van der Waals surface area contributed by atoms with Crippen molar-refractivity contribution in [3.05, 3.63) is 47.9 Å². The highest BCUT2D eigenvalue weighted by Crippen LogP contribution is 2.26. The van der Waals surface area contributed by atoms with Crippen LogP contribution in [-0.2, 0) is 9.59 Å². The number of hydrogen-bond donors (Lipinski definition) is 2. The van der Waals surface area contributed by atoms with Gasteiger partial charge in [0.1, 0.15) is 6.29 Å². The number of rotatable bonds is 7. The van der Waals surface area contributed by atoms with Gasteiger partial charge in [-0.1, -0.05) is 50.3 Å². The molecule has 0 bridgehead atoms. The number of nitrogens with zero attached hydrogens (tertiary/aromatic N) is 1. The fourth-order valence-corrected chi connectivity index (χ4v) is 3.02. The maximum atomic E-state index is 12.6. The van der Waals surface area contributed by atoms with E-state index in [2.05, 4.69) is 35.9 Å². The van der Waals surface area contributed by atoms with Gasteiger partial charge in [0.25, 0.3) is 5.91 Å². The smallest absolute Gasteiger partial charge is 0.274 e. The zero-order valence-corrected chi connectivity index (χ0v) is 17.5. The zero-order chi connectivity index (χ0) is 20.7. The number of allylic oxidation sites excluding steroid dienone is 6. The van der Waals surface area contributed by atoms with Crippen molar-refractivity contribution in [2.75, 3.05) is 13.6 Å². The highest BCUT2D eigenvalue weighted by molar-refractivity contribution is 5.96. The van der Waals surface area contributed by atoms with Crippen molar-refractivity contribution in [3.8, 4) is 0 Å². The summed E-state index contributed by atoms with van der Waals surface area (Å²) >= 11 is 0. The molecule has 1 amide bonds. The Morgan fingerprint density at radius 2 is 2.07 bits per heavy atom. The summed E-state index contributed by atoms with van der Waals surface area (Å²) in [5.41, 5.74) is 7.15. The van der Waals surface area contributed by atoms with Crippen molar-refractivity contribution in [1.29, 1.82) is 0 Å². The summed E-state index contributed by atoms with van der Waals surface area (Å²) in [5.74, 6) is -0.149. The first-order valence-corrected chi connectivity index (χ1v) is 9.97. The van der Waals surface area contributed by atoms with Crippen LogP contribution < -0.4 is 11.1 Å². The van der Waals surface area contributed by atoms with Gasteiger partial charge < -0.3 is 20.7 Å². The Hall–Kier alpha value is -2.14. The van der Waals surface area contributed by atoms with Gasteiger partial charge in [-0.15, -0.1) is 0 Å². The van der Waals surface area contributed by atoms with Crippen LogP contribution in [0, 0.1) is 0 Å². The molecule has 2 rings (SSSR count). The third-order valence-electron chi connectivity index (χ3n) is 4.33. The minimum absolute atomic E-state index is 0.149. The Kier molecular flexibility index (Phi) is 13.8. The number of likely N-dealkylation sites (tertiary alicyclic amines) is 1. The van der Waals surface area contributed by atoms with E-state index in [0.29, 0.717) is 18.5 Å². The molecule has 1 aliphatic heterocycles. The van der Waals surface area contributed by atoms with Crippen LogP contribution in [0.2, 0.25) is 0 Å². The Labute approximate surface area is 165 Å². The maximum Gasteiger partial charge on any atom is 0.274 e. The molecule has 2 aliphatic rings. The molecule has 5 nitrogen and oxygen atoms in total. The third kappa shape index (κ3) is 7.95. The predicted molar refractivity (Wildman–Crippen MR) is 114 cm³/mol. The minimum atomic E-state index is -0.371. The molecule has 1 heterocycles. The molecule has 0 saturated carbocycles. The quantitative estimate of drug-likeness (QED) is 0.403. The Balaban J connectivity index is 0.00000158. The topological polar surface area (TPSA) is 75.4 Å². The number of hydrogen-bond acceptors (Lipinski definition) is 4. The molecule has 152 valence electrons. The van der Waals surface area contributed by atoms with Gasteiger partial charge in [-0.05, 0) is 52.5 Å². The fraction of sp³-hybridized carbons (Fsp3) is 0.545. The molecule has 3 N–H and O–H groups in total. The van der Waals surface area contributed by atoms with E-state index in [9.17, 15) is 9.59 Å². The lowest BCUT2D eigenvalue weighted by atomic mass is 10.0. The van der Waals surface area contributed by atoms with Crippen molar-refractivity contribution in [3.63, 3.8) is 0 Å². The lowest BCUT2D eigenvalue weighted by molar-refractivity contribution is -0.129. The first-order valence-electron chi connectivity index (χ1n) is 9.97. The number of carbonyl (C=O) groups is 2. The highest BCUT2D eigenvalue weighted by atomic mass is 16.2. The first-order chi connectivity index (χ1) is 13.2. The van der Waals surface area contributed by atoms with Crippen molar-refractivity contribution in [1.82, 2.24) is 10.2 Å². The maximum absolute atomic E-state index is 12.6. The molecule has 0 spiro atoms. The average Bonchev–Trinajstić information content (AvgIpc) is 3.12. The summed E-state index contributed by atoms with van der Waals surface area (Å²) < 4.78 is 0. The molecule has 5 heteroatoms. The van der Waals surface area contributed by atoms with Crippen LogP contribution in [0.4, 0.5) is 0 Å². The van der Waals surface area contributed by atoms with Crippen molar-refractivity contribution in [2.45, 2.75) is 65.3 Å². The molecule has 27 heavy (non-hydrogen) atoms. The average molecular weight is 376 g/mol. The van der Waals surface area contributed by atoms with Gasteiger partial charge in [0.2, 0.25) is 0 Å². The van der Waals surface area contributed by atoms with Crippen LogP contribution in [0.25, 0.3) is 0 Å². The first kappa shape index (κ1) is 24.9. The summed E-state index contributed by atoms with van der Waals surface area (Å²) in [6.07, 6.45) is 14.9. The molecular weight excluding hydrogens is 338 g/mol. The van der Waals surface area contributed by atoms with Crippen LogP contribution >= 0.6 is 0 Å². The van der Waals surface area contributed by atoms with Crippen LogP contribution in [0.5, 0.6) is 0 Å². The van der Waals surface area contributed by atoms with Gasteiger partial charge in [0.15, 0.2) is 0 Å². The molecule has 0 aromatic heterocycles. The molecule has 0 aromatic carbocycles. The fourth-order valence-electron chi connectivity index (χ4n) is 3.02. The number of aldehydes is 1. The molecule has 1 unspecified atom stereocenters. The van der Waals surface area contributed by atoms with E-state index in [-0.39, 0.29) is 11.9 Å². The molecule has 1 atom stereocenters. The van der Waals surface area contributed by atoms with Crippen LogP contribution in [0.1, 0.15) is 59.3 Å². The summed E-state index contributed by atoms with van der Waals surface area (Å²) in [4.78, 5) is 25.3. The van der Waals surface area contributed by atoms with Gasteiger partial charge >= 0.3 is 0 Å². The van der Waals surface area contributed by atoms with Gasteiger partial charge in [0, 0.05) is 12.2 Å². The second-order valence-corrected chi connectivity index (χ2v) is 5.97. The van der Waals surface area contributed by atoms with Crippen molar-refractivity contribution < 1.29 is 9.59 Å². The predicted octanol–water partition coefficient (Wildman–Crippen LogP) is 3.84. The van der Waals surface area contributed by atoms with Crippen LogP contribution in [0.15, 0.2) is 47.9 Å². The molecule has 0 radical (unpaired) electrons. The Morgan fingerprint density at radius 1 is 1.37 bits per heavy atom. The monoisotopic (exact) mass is 375 g/mol. The van der Waals surface area contributed by atoms with E-state index in [1.165, 1.54) is 17.5 Å². The van der Waals surface area contributed by atoms with E-state index in [1.807, 2.05) is 20.8 Å². The molecule has 1 saturated heterocycles. The number of nitrogens with one attached hydrogen (secondary N) is 1. The van der Waals surface area contributed by atoms with E-state index >= 15 is 0 Å². The molecule has 0 aromatic rings. The van der Waals surface area contributed by atoms with Gasteiger partial charge in [-0.25, -0.2) is 0 Å². The Bertz CT molecular complexity index is 562. The zero-order valence-electron chi connectivity index (χ0n) is 17.5. The SMILES string of the molecule is C=C1CCC(C=O)N1C(=O)/C(=C\C)NCCCC1=CCCC=C1.CC.CN. The van der Waals surface area contributed by atoms with Crippen LogP contribution in [-0.4, -0.2) is 36.7 Å². The lowest BCUT2D eigenvalue weighted by Crippen LogP contribution is -2.39.